The summed E-state index contributed by atoms with van der Waals surface area (Å²) in [5.74, 6) is -1.19. The van der Waals surface area contributed by atoms with E-state index < -0.39 is 23.5 Å². The van der Waals surface area contributed by atoms with Crippen LogP contribution in [0.15, 0.2) is 42.6 Å². The van der Waals surface area contributed by atoms with E-state index in [1.54, 1.807) is 12.3 Å². The van der Waals surface area contributed by atoms with Gasteiger partial charge in [-0.3, -0.25) is 0 Å². The SMILES string of the molecule is C[C@H](NC(=O)OC(C)(C)C)c1ccc(O[C@@H]2CCN(c3ccc(OC[C@H]4CC4(F)F)cn3)C2)cc1. The molecule has 190 valence electrons. The minimum atomic E-state index is -2.58. The van der Waals surface area contributed by atoms with Gasteiger partial charge in [0.1, 0.15) is 29.0 Å². The van der Waals surface area contributed by atoms with Crippen molar-refractivity contribution in [2.75, 3.05) is 24.6 Å². The molecule has 1 saturated carbocycles. The fraction of sp³-hybridized carbons (Fsp3) is 0.538. The molecule has 7 nitrogen and oxygen atoms in total. The van der Waals surface area contributed by atoms with Crippen molar-refractivity contribution in [2.24, 2.45) is 5.92 Å². The quantitative estimate of drug-likeness (QED) is 0.538. The lowest BCUT2D eigenvalue weighted by atomic mass is 10.1. The van der Waals surface area contributed by atoms with Crippen LogP contribution in [0.1, 0.15) is 52.1 Å². The molecule has 2 aliphatic rings. The zero-order valence-electron chi connectivity index (χ0n) is 20.6. The first kappa shape index (κ1) is 25.0. The Morgan fingerprint density at radius 3 is 2.49 bits per heavy atom. The lowest BCUT2D eigenvalue weighted by Crippen LogP contribution is -2.34. The van der Waals surface area contributed by atoms with Gasteiger partial charge in [0.15, 0.2) is 0 Å². The maximum Gasteiger partial charge on any atom is 0.408 e. The second kappa shape index (κ2) is 9.87. The van der Waals surface area contributed by atoms with Gasteiger partial charge < -0.3 is 24.4 Å². The lowest BCUT2D eigenvalue weighted by Gasteiger charge is -2.22. The highest BCUT2D eigenvalue weighted by atomic mass is 19.3. The Morgan fingerprint density at radius 1 is 1.20 bits per heavy atom. The van der Waals surface area contributed by atoms with Gasteiger partial charge in [0.05, 0.1) is 31.3 Å². The number of amides is 1. The van der Waals surface area contributed by atoms with Crippen LogP contribution in [0, 0.1) is 5.92 Å². The van der Waals surface area contributed by atoms with Crippen LogP contribution in [-0.4, -0.2) is 48.4 Å². The summed E-state index contributed by atoms with van der Waals surface area (Å²) in [5, 5.41) is 2.84. The number of pyridine rings is 1. The van der Waals surface area contributed by atoms with Crippen molar-refractivity contribution < 1.29 is 27.8 Å². The van der Waals surface area contributed by atoms with Crippen molar-refractivity contribution in [2.45, 2.75) is 64.2 Å². The highest BCUT2D eigenvalue weighted by Gasteiger charge is 2.57. The molecule has 3 atom stereocenters. The van der Waals surface area contributed by atoms with Crippen molar-refractivity contribution in [3.8, 4) is 11.5 Å². The summed E-state index contributed by atoms with van der Waals surface area (Å²) in [6.07, 6.45) is 1.91. The second-order valence-corrected chi connectivity index (χ2v) is 10.2. The van der Waals surface area contributed by atoms with E-state index in [0.29, 0.717) is 12.3 Å². The minimum absolute atomic E-state index is 0.0162. The summed E-state index contributed by atoms with van der Waals surface area (Å²) in [4.78, 5) is 18.5. The third-order valence-electron chi connectivity index (χ3n) is 6.01. The molecule has 9 heteroatoms. The zero-order chi connectivity index (χ0) is 25.2. The summed E-state index contributed by atoms with van der Waals surface area (Å²) in [6, 6.07) is 11.1. The molecule has 1 aromatic carbocycles. The van der Waals surface area contributed by atoms with E-state index in [9.17, 15) is 13.6 Å². The molecular formula is C26H33F2N3O4. The predicted molar refractivity (Wildman–Crippen MR) is 128 cm³/mol. The number of ether oxygens (including phenoxy) is 3. The molecule has 4 rings (SSSR count). The second-order valence-electron chi connectivity index (χ2n) is 10.2. The predicted octanol–water partition coefficient (Wildman–Crippen LogP) is 5.36. The third kappa shape index (κ3) is 6.96. The molecular weight excluding hydrogens is 456 g/mol. The minimum Gasteiger partial charge on any atom is -0.491 e. The molecule has 1 N–H and O–H groups in total. The molecule has 0 unspecified atom stereocenters. The molecule has 1 amide bonds. The molecule has 0 spiro atoms. The average molecular weight is 490 g/mol. The summed E-state index contributed by atoms with van der Waals surface area (Å²) in [6.45, 7) is 8.90. The van der Waals surface area contributed by atoms with Crippen molar-refractivity contribution in [3.05, 3.63) is 48.2 Å². The van der Waals surface area contributed by atoms with E-state index in [1.807, 2.05) is 58.0 Å². The Morgan fingerprint density at radius 2 is 1.89 bits per heavy atom. The van der Waals surface area contributed by atoms with Gasteiger partial charge in [-0.05, 0) is 57.5 Å². The van der Waals surface area contributed by atoms with Gasteiger partial charge in [0.2, 0.25) is 0 Å². The summed E-state index contributed by atoms with van der Waals surface area (Å²) < 4.78 is 42.8. The van der Waals surface area contributed by atoms with E-state index in [1.165, 1.54) is 0 Å². The monoisotopic (exact) mass is 489 g/mol. The van der Waals surface area contributed by atoms with E-state index in [4.69, 9.17) is 14.2 Å². The van der Waals surface area contributed by atoms with Gasteiger partial charge in [-0.2, -0.15) is 0 Å². The topological polar surface area (TPSA) is 72.9 Å². The number of hydrogen-bond donors (Lipinski definition) is 1. The molecule has 2 heterocycles. The highest BCUT2D eigenvalue weighted by Crippen LogP contribution is 2.48. The largest absolute Gasteiger partial charge is 0.491 e. The summed E-state index contributed by atoms with van der Waals surface area (Å²) >= 11 is 0. The Balaban J connectivity index is 1.23. The molecule has 35 heavy (non-hydrogen) atoms. The van der Waals surface area contributed by atoms with Crippen molar-refractivity contribution in [1.29, 1.82) is 0 Å². The fourth-order valence-electron chi connectivity index (χ4n) is 3.92. The number of nitrogens with one attached hydrogen (secondary N) is 1. The number of halogens is 2. The van der Waals surface area contributed by atoms with Crippen LogP contribution >= 0.6 is 0 Å². The van der Waals surface area contributed by atoms with Gasteiger partial charge in [0, 0.05) is 19.4 Å². The fourth-order valence-corrected chi connectivity index (χ4v) is 3.92. The van der Waals surface area contributed by atoms with Gasteiger partial charge in [-0.15, -0.1) is 0 Å². The standard InChI is InChI=1S/C26H33F2N3O4/c1-17(30-24(32)35-25(2,3)4)18-5-7-20(8-6-18)34-22-11-12-31(15-22)23-10-9-21(14-29-23)33-16-19-13-26(19,27)28/h5-10,14,17,19,22H,11-13,15-16H2,1-4H3,(H,30,32)/t17-,19+,22+/m0/s1. The number of anilines is 1. The number of aromatic nitrogens is 1. The summed E-state index contributed by atoms with van der Waals surface area (Å²) in [7, 11) is 0. The molecule has 1 saturated heterocycles. The summed E-state index contributed by atoms with van der Waals surface area (Å²) in [5.41, 5.74) is 0.409. The van der Waals surface area contributed by atoms with Crippen molar-refractivity contribution >= 4 is 11.9 Å². The van der Waals surface area contributed by atoms with E-state index in [0.717, 1.165) is 30.1 Å². The molecule has 0 radical (unpaired) electrons. The van der Waals surface area contributed by atoms with Crippen LogP contribution in [0.2, 0.25) is 0 Å². The smallest absolute Gasteiger partial charge is 0.408 e. The molecule has 1 aliphatic carbocycles. The normalized spacial score (nSPS) is 21.8. The van der Waals surface area contributed by atoms with E-state index >= 15 is 0 Å². The van der Waals surface area contributed by atoms with Gasteiger partial charge >= 0.3 is 6.09 Å². The first-order valence-corrected chi connectivity index (χ1v) is 12.0. The number of hydrogen-bond acceptors (Lipinski definition) is 6. The average Bonchev–Trinajstić information content (AvgIpc) is 3.15. The lowest BCUT2D eigenvalue weighted by molar-refractivity contribution is 0.0507. The van der Waals surface area contributed by atoms with E-state index in [2.05, 4.69) is 15.2 Å². The number of alkyl carbamates (subject to hydrolysis) is 1. The van der Waals surface area contributed by atoms with E-state index in [-0.39, 0.29) is 25.2 Å². The Hall–Kier alpha value is -3.10. The Bertz CT molecular complexity index is 1010. The number of carbonyl (C=O) groups is 1. The molecule has 2 fully saturated rings. The van der Waals surface area contributed by atoms with Gasteiger partial charge in [0.25, 0.3) is 5.92 Å². The highest BCUT2D eigenvalue weighted by molar-refractivity contribution is 5.68. The number of nitrogens with zero attached hydrogens (tertiary/aromatic N) is 2. The van der Waals surface area contributed by atoms with Crippen LogP contribution in [-0.2, 0) is 4.74 Å². The third-order valence-corrected chi connectivity index (χ3v) is 6.01. The first-order valence-electron chi connectivity index (χ1n) is 12.0. The van der Waals surface area contributed by atoms with Crippen molar-refractivity contribution in [3.63, 3.8) is 0 Å². The first-order chi connectivity index (χ1) is 16.5. The Labute approximate surface area is 204 Å². The zero-order valence-corrected chi connectivity index (χ0v) is 20.6. The molecule has 0 bridgehead atoms. The van der Waals surface area contributed by atoms with Crippen LogP contribution in [0.3, 0.4) is 0 Å². The maximum absolute atomic E-state index is 13.0. The van der Waals surface area contributed by atoms with Gasteiger partial charge in [-0.1, -0.05) is 12.1 Å². The molecule has 1 aromatic heterocycles. The van der Waals surface area contributed by atoms with Crippen LogP contribution < -0.4 is 19.7 Å². The van der Waals surface area contributed by atoms with Gasteiger partial charge in [-0.25, -0.2) is 18.6 Å². The van der Waals surface area contributed by atoms with Crippen molar-refractivity contribution in [1.82, 2.24) is 10.3 Å². The molecule has 2 aromatic rings. The number of carbonyl (C=O) groups excluding carboxylic acids is 1. The number of alkyl halides is 2. The molecule has 1 aliphatic heterocycles. The maximum atomic E-state index is 13.0. The number of rotatable bonds is 8. The van der Waals surface area contributed by atoms with Crippen LogP contribution in [0.25, 0.3) is 0 Å². The van der Waals surface area contributed by atoms with Crippen LogP contribution in [0.4, 0.5) is 19.4 Å². The number of benzene rings is 1. The van der Waals surface area contributed by atoms with Crippen LogP contribution in [0.5, 0.6) is 11.5 Å². The Kier molecular flexibility index (Phi) is 7.05.